The van der Waals surface area contributed by atoms with E-state index in [4.69, 9.17) is 0 Å². The minimum atomic E-state index is 0.721. The fourth-order valence-electron chi connectivity index (χ4n) is 3.42. The summed E-state index contributed by atoms with van der Waals surface area (Å²) in [5.41, 5.74) is 5.41. The first kappa shape index (κ1) is 24.4. The summed E-state index contributed by atoms with van der Waals surface area (Å²) in [4.78, 5) is 7.11. The predicted molar refractivity (Wildman–Crippen MR) is 139 cm³/mol. The van der Waals surface area contributed by atoms with Gasteiger partial charge in [0, 0.05) is 22.8 Å². The van der Waals surface area contributed by atoms with Gasteiger partial charge in [-0.05, 0) is 53.6 Å². The largest absolute Gasteiger partial charge is 0.361 e. The Morgan fingerprint density at radius 1 is 0.839 bits per heavy atom. The van der Waals surface area contributed by atoms with Gasteiger partial charge in [0.15, 0.2) is 0 Å². The summed E-state index contributed by atoms with van der Waals surface area (Å²) in [5.74, 6) is 0.721. The summed E-state index contributed by atoms with van der Waals surface area (Å²) in [5, 5.41) is 4.11. The summed E-state index contributed by atoms with van der Waals surface area (Å²) in [6.45, 7) is 13.8. The van der Waals surface area contributed by atoms with Gasteiger partial charge in [0.05, 0.1) is 6.54 Å². The standard InChI is InChI=1S/C12H15N.C12H12.C3H5N.C2H6/c1-9(2)7-10-8-13-12-6-4-3-5-11(10)12;1-2-10-7-5-8-11-6-3-4-9-12(10)11;1-3-2-4-3;1-2/h3-6,8-9,13H,7H2,1-2H3;3-9H,2H2,1H3;2H2,1H3;1-2H3. The minimum absolute atomic E-state index is 0.721. The van der Waals surface area contributed by atoms with Crippen molar-refractivity contribution in [3.05, 3.63) is 84.1 Å². The molecule has 0 fully saturated rings. The van der Waals surface area contributed by atoms with E-state index in [1.54, 1.807) is 0 Å². The molecule has 0 aliphatic carbocycles. The fraction of sp³-hybridized carbons (Fsp3) is 0.345. The van der Waals surface area contributed by atoms with E-state index in [9.17, 15) is 0 Å². The highest BCUT2D eigenvalue weighted by atomic mass is 14.9. The fourth-order valence-corrected chi connectivity index (χ4v) is 3.42. The van der Waals surface area contributed by atoms with E-state index in [0.29, 0.717) is 0 Å². The number of hydrogen-bond donors (Lipinski definition) is 1. The number of para-hydroxylation sites is 1. The quantitative estimate of drug-likeness (QED) is 0.349. The average molecular weight is 415 g/mol. The van der Waals surface area contributed by atoms with Crippen LogP contribution in [0.15, 0.2) is 77.9 Å². The smallest absolute Gasteiger partial charge is 0.0765 e. The molecule has 0 atom stereocenters. The Morgan fingerprint density at radius 3 is 2.03 bits per heavy atom. The van der Waals surface area contributed by atoms with Crippen LogP contribution in [0.4, 0.5) is 0 Å². The van der Waals surface area contributed by atoms with Crippen molar-refractivity contribution in [3.63, 3.8) is 0 Å². The first-order chi connectivity index (χ1) is 15.1. The topological polar surface area (TPSA) is 28.1 Å². The molecule has 164 valence electrons. The molecule has 0 saturated carbocycles. The van der Waals surface area contributed by atoms with Crippen molar-refractivity contribution >= 4 is 27.4 Å². The number of rotatable bonds is 3. The molecule has 0 bridgehead atoms. The Labute approximate surface area is 188 Å². The van der Waals surface area contributed by atoms with Gasteiger partial charge in [-0.3, -0.25) is 4.99 Å². The van der Waals surface area contributed by atoms with Gasteiger partial charge in [-0.2, -0.15) is 0 Å². The highest BCUT2D eigenvalue weighted by Gasteiger charge is 2.03. The molecule has 0 radical (unpaired) electrons. The van der Waals surface area contributed by atoms with Gasteiger partial charge in [-0.15, -0.1) is 0 Å². The summed E-state index contributed by atoms with van der Waals surface area (Å²) in [6.07, 6.45) is 4.40. The molecule has 0 amide bonds. The normalized spacial score (nSPS) is 11.5. The third-order valence-electron chi connectivity index (χ3n) is 5.04. The lowest BCUT2D eigenvalue weighted by molar-refractivity contribution is 0.650. The number of hydrogen-bond acceptors (Lipinski definition) is 1. The van der Waals surface area contributed by atoms with Crippen LogP contribution < -0.4 is 0 Å². The molecule has 1 aliphatic rings. The summed E-state index contributed by atoms with van der Waals surface area (Å²) in [6, 6.07) is 23.5. The van der Waals surface area contributed by atoms with Gasteiger partial charge in [0.2, 0.25) is 0 Å². The molecule has 0 spiro atoms. The Kier molecular flexibility index (Phi) is 10.0. The van der Waals surface area contributed by atoms with Crippen LogP contribution in [0.1, 0.15) is 52.7 Å². The third-order valence-corrected chi connectivity index (χ3v) is 5.04. The Bertz CT molecular complexity index is 1080. The molecule has 0 saturated heterocycles. The number of aromatic amines is 1. The Hall–Kier alpha value is -2.87. The van der Waals surface area contributed by atoms with E-state index >= 15 is 0 Å². The van der Waals surface area contributed by atoms with Crippen LogP contribution >= 0.6 is 0 Å². The van der Waals surface area contributed by atoms with Crippen molar-refractivity contribution in [1.82, 2.24) is 4.98 Å². The number of aliphatic imine (C=N–C) groups is 1. The number of aryl methyl sites for hydroxylation is 1. The van der Waals surface area contributed by atoms with E-state index in [-0.39, 0.29) is 0 Å². The zero-order valence-electron chi connectivity index (χ0n) is 20.1. The lowest BCUT2D eigenvalue weighted by Gasteiger charge is -2.02. The van der Waals surface area contributed by atoms with Crippen molar-refractivity contribution in [1.29, 1.82) is 0 Å². The zero-order valence-corrected chi connectivity index (χ0v) is 20.1. The molecule has 1 aromatic heterocycles. The number of aromatic nitrogens is 1. The van der Waals surface area contributed by atoms with Gasteiger partial charge >= 0.3 is 0 Å². The van der Waals surface area contributed by atoms with Crippen molar-refractivity contribution < 1.29 is 0 Å². The predicted octanol–water partition coefficient (Wildman–Crippen LogP) is 8.26. The van der Waals surface area contributed by atoms with Gasteiger partial charge < -0.3 is 4.98 Å². The molecule has 1 aliphatic heterocycles. The number of nitrogens with zero attached hydrogens (tertiary/aromatic N) is 1. The van der Waals surface area contributed by atoms with Crippen molar-refractivity contribution in [3.8, 4) is 0 Å². The van der Waals surface area contributed by atoms with Crippen molar-refractivity contribution in [2.45, 2.75) is 54.4 Å². The highest BCUT2D eigenvalue weighted by Crippen LogP contribution is 2.20. The average Bonchev–Trinajstić information content (AvgIpc) is 3.50. The Morgan fingerprint density at radius 2 is 1.42 bits per heavy atom. The SMILES string of the molecule is CC.CC(C)Cc1c[nH]c2ccccc12.CC1=NC1.CCc1cccc2ccccc12. The molecule has 2 heterocycles. The summed E-state index contributed by atoms with van der Waals surface area (Å²) in [7, 11) is 0. The van der Waals surface area contributed by atoms with Crippen LogP contribution in [0.2, 0.25) is 0 Å². The zero-order chi connectivity index (χ0) is 22.6. The van der Waals surface area contributed by atoms with Crippen LogP contribution in [0, 0.1) is 5.92 Å². The van der Waals surface area contributed by atoms with Crippen molar-refractivity contribution in [2.24, 2.45) is 10.9 Å². The van der Waals surface area contributed by atoms with Crippen LogP contribution in [-0.4, -0.2) is 17.2 Å². The number of fused-ring (bicyclic) bond motifs is 2. The second-order valence-electron chi connectivity index (χ2n) is 8.00. The van der Waals surface area contributed by atoms with Crippen LogP contribution in [0.25, 0.3) is 21.7 Å². The Balaban J connectivity index is 0.000000175. The molecule has 31 heavy (non-hydrogen) atoms. The number of H-pyrrole nitrogens is 1. The van der Waals surface area contributed by atoms with E-state index in [1.807, 2.05) is 20.8 Å². The molecule has 5 rings (SSSR count). The molecule has 4 aromatic rings. The van der Waals surface area contributed by atoms with E-state index in [0.717, 1.165) is 25.3 Å². The molecule has 1 N–H and O–H groups in total. The second-order valence-corrected chi connectivity index (χ2v) is 8.00. The first-order valence-corrected chi connectivity index (χ1v) is 11.6. The van der Waals surface area contributed by atoms with Crippen molar-refractivity contribution in [2.75, 3.05) is 6.54 Å². The highest BCUT2D eigenvalue weighted by molar-refractivity contribution is 5.94. The van der Waals surface area contributed by atoms with E-state index in [2.05, 4.69) is 104 Å². The lowest BCUT2D eigenvalue weighted by Crippen LogP contribution is -1.91. The van der Waals surface area contributed by atoms with E-state index in [1.165, 1.54) is 38.5 Å². The number of benzene rings is 3. The number of nitrogens with one attached hydrogen (secondary N) is 1. The van der Waals surface area contributed by atoms with E-state index < -0.39 is 0 Å². The van der Waals surface area contributed by atoms with Gasteiger partial charge in [-0.1, -0.05) is 95.3 Å². The monoisotopic (exact) mass is 414 g/mol. The van der Waals surface area contributed by atoms with Gasteiger partial charge in [-0.25, -0.2) is 0 Å². The second kappa shape index (κ2) is 12.7. The molecular weight excluding hydrogens is 376 g/mol. The maximum atomic E-state index is 3.82. The summed E-state index contributed by atoms with van der Waals surface area (Å²) < 4.78 is 0. The molecule has 2 nitrogen and oxygen atoms in total. The summed E-state index contributed by atoms with van der Waals surface area (Å²) >= 11 is 0. The van der Waals surface area contributed by atoms with Crippen LogP contribution in [0.3, 0.4) is 0 Å². The molecule has 2 heteroatoms. The maximum absolute atomic E-state index is 3.82. The maximum Gasteiger partial charge on any atom is 0.0765 e. The minimum Gasteiger partial charge on any atom is -0.361 e. The van der Waals surface area contributed by atoms with Gasteiger partial charge in [0.1, 0.15) is 0 Å². The first-order valence-electron chi connectivity index (χ1n) is 11.6. The molecule has 3 aromatic carbocycles. The lowest BCUT2D eigenvalue weighted by atomic mass is 10.0. The van der Waals surface area contributed by atoms with Crippen LogP contribution in [0.5, 0.6) is 0 Å². The van der Waals surface area contributed by atoms with Crippen LogP contribution in [-0.2, 0) is 12.8 Å². The van der Waals surface area contributed by atoms with Gasteiger partial charge in [0.25, 0.3) is 0 Å². The third kappa shape index (κ3) is 7.71. The molecule has 0 unspecified atom stereocenters. The molecular formula is C29H38N2.